The largest absolute Gasteiger partial charge is 0.440 e. The molecule has 0 bridgehead atoms. The van der Waals surface area contributed by atoms with Gasteiger partial charge in [-0.2, -0.15) is 5.26 Å². The molecule has 0 atom stereocenters. The molecule has 0 amide bonds. The van der Waals surface area contributed by atoms with E-state index in [4.69, 9.17) is 20.6 Å². The van der Waals surface area contributed by atoms with Crippen molar-refractivity contribution in [2.24, 2.45) is 10.9 Å². The molecule has 0 unspecified atom stereocenters. The van der Waals surface area contributed by atoms with E-state index < -0.39 is 11.6 Å². The van der Waals surface area contributed by atoms with Crippen molar-refractivity contribution in [3.05, 3.63) is 29.1 Å². The number of amidine groups is 1. The lowest BCUT2D eigenvalue weighted by Gasteiger charge is -2.17. The lowest BCUT2D eigenvalue weighted by Crippen LogP contribution is -2.27. The van der Waals surface area contributed by atoms with E-state index in [9.17, 15) is 4.79 Å². The van der Waals surface area contributed by atoms with Crippen LogP contribution in [0.3, 0.4) is 0 Å². The second-order valence-electron chi connectivity index (χ2n) is 4.77. The van der Waals surface area contributed by atoms with Gasteiger partial charge in [-0.25, -0.2) is 9.78 Å². The molecule has 1 heterocycles. The van der Waals surface area contributed by atoms with E-state index in [1.165, 1.54) is 13.8 Å². The van der Waals surface area contributed by atoms with Gasteiger partial charge in [0.05, 0.1) is 0 Å². The summed E-state index contributed by atoms with van der Waals surface area (Å²) in [7, 11) is 0. The Labute approximate surface area is 123 Å². The third-order valence-electron chi connectivity index (χ3n) is 2.46. The second kappa shape index (κ2) is 6.70. The van der Waals surface area contributed by atoms with Gasteiger partial charge in [-0.15, -0.1) is 0 Å². The zero-order valence-corrected chi connectivity index (χ0v) is 12.5. The fourth-order valence-electron chi connectivity index (χ4n) is 1.36. The summed E-state index contributed by atoms with van der Waals surface area (Å²) in [6, 6.07) is 5.19. The summed E-state index contributed by atoms with van der Waals surface area (Å²) in [6.45, 7) is 6.84. The summed E-state index contributed by atoms with van der Waals surface area (Å²) in [4.78, 5) is 21.0. The maximum Gasteiger partial charge on any atom is 0.358 e. The highest BCUT2D eigenvalue weighted by Gasteiger charge is 2.25. The van der Waals surface area contributed by atoms with E-state index in [1.54, 1.807) is 26.0 Å². The van der Waals surface area contributed by atoms with Crippen LogP contribution in [0, 0.1) is 18.3 Å². The standard InChI is InChI=1S/C14H18N4O3/c1-5-20-18-12(16)10-7-6-9(2)11(17-10)13(19)21-14(3,4)8-15/h6-7H,5H2,1-4H3,(H2,16,18). The number of hydrogen-bond acceptors (Lipinski definition) is 6. The van der Waals surface area contributed by atoms with E-state index in [1.807, 2.05) is 6.07 Å². The minimum absolute atomic E-state index is 0.0606. The van der Waals surface area contributed by atoms with Gasteiger partial charge in [0.2, 0.25) is 0 Å². The highest BCUT2D eigenvalue weighted by Crippen LogP contribution is 2.14. The molecule has 2 N–H and O–H groups in total. The van der Waals surface area contributed by atoms with Gasteiger partial charge in [-0.3, -0.25) is 0 Å². The van der Waals surface area contributed by atoms with Crippen LogP contribution in [0.15, 0.2) is 17.3 Å². The molecular weight excluding hydrogens is 272 g/mol. The summed E-state index contributed by atoms with van der Waals surface area (Å²) in [5.74, 6) is -0.629. The van der Waals surface area contributed by atoms with Gasteiger partial charge >= 0.3 is 5.97 Å². The van der Waals surface area contributed by atoms with Gasteiger partial charge in [0.15, 0.2) is 17.1 Å². The molecular formula is C14H18N4O3. The normalized spacial score (nSPS) is 11.7. The van der Waals surface area contributed by atoms with Crippen molar-refractivity contribution in [2.45, 2.75) is 33.3 Å². The van der Waals surface area contributed by atoms with Crippen LogP contribution in [0.4, 0.5) is 0 Å². The summed E-state index contributed by atoms with van der Waals surface area (Å²) < 4.78 is 5.10. The summed E-state index contributed by atoms with van der Waals surface area (Å²) in [5.41, 5.74) is 5.48. The van der Waals surface area contributed by atoms with Crippen LogP contribution in [-0.2, 0) is 9.57 Å². The third-order valence-corrected chi connectivity index (χ3v) is 2.46. The quantitative estimate of drug-likeness (QED) is 0.381. The number of nitrogens with zero attached hydrogens (tertiary/aromatic N) is 3. The maximum atomic E-state index is 12.1. The number of pyridine rings is 1. The van der Waals surface area contributed by atoms with Crippen molar-refractivity contribution in [1.82, 2.24) is 4.98 Å². The number of esters is 1. The van der Waals surface area contributed by atoms with Crippen molar-refractivity contribution in [3.63, 3.8) is 0 Å². The van der Waals surface area contributed by atoms with Crippen LogP contribution in [0.1, 0.15) is 42.5 Å². The van der Waals surface area contributed by atoms with Crippen molar-refractivity contribution >= 4 is 11.8 Å². The van der Waals surface area contributed by atoms with Crippen LogP contribution in [0.25, 0.3) is 0 Å². The monoisotopic (exact) mass is 290 g/mol. The maximum absolute atomic E-state index is 12.1. The van der Waals surface area contributed by atoms with Crippen molar-refractivity contribution in [2.75, 3.05) is 6.61 Å². The number of aryl methyl sites for hydroxylation is 1. The zero-order chi connectivity index (χ0) is 16.0. The molecule has 1 aromatic rings. The molecule has 0 aliphatic heterocycles. The predicted molar refractivity (Wildman–Crippen MR) is 76.4 cm³/mol. The number of aromatic nitrogens is 1. The van der Waals surface area contributed by atoms with Crippen LogP contribution in [-0.4, -0.2) is 29.0 Å². The minimum atomic E-state index is -1.23. The molecule has 1 rings (SSSR count). The predicted octanol–water partition coefficient (Wildman–Crippen LogP) is 1.51. The van der Waals surface area contributed by atoms with E-state index in [-0.39, 0.29) is 11.5 Å². The Hall–Kier alpha value is -2.62. The fraction of sp³-hybridized carbons (Fsp3) is 0.429. The molecule has 1 aromatic heterocycles. The smallest absolute Gasteiger partial charge is 0.358 e. The highest BCUT2D eigenvalue weighted by atomic mass is 16.6. The van der Waals surface area contributed by atoms with E-state index in [0.29, 0.717) is 17.9 Å². The molecule has 0 aromatic carbocycles. The first kappa shape index (κ1) is 16.4. The van der Waals surface area contributed by atoms with Crippen LogP contribution in [0.2, 0.25) is 0 Å². The number of nitrogens with two attached hydrogens (primary N) is 1. The topological polar surface area (TPSA) is 111 Å². The van der Waals surface area contributed by atoms with E-state index in [2.05, 4.69) is 10.1 Å². The number of carbonyl (C=O) groups excluding carboxylic acids is 1. The highest BCUT2D eigenvalue weighted by molar-refractivity contribution is 5.97. The average molecular weight is 290 g/mol. The van der Waals surface area contributed by atoms with Gasteiger partial charge < -0.3 is 15.3 Å². The Kier molecular flexibility index (Phi) is 5.24. The summed E-state index contributed by atoms with van der Waals surface area (Å²) in [5, 5.41) is 12.6. The Bertz CT molecular complexity index is 603. The number of rotatable bonds is 5. The molecule has 0 radical (unpaired) electrons. The van der Waals surface area contributed by atoms with Gasteiger partial charge in [0.1, 0.15) is 18.4 Å². The van der Waals surface area contributed by atoms with E-state index in [0.717, 1.165) is 0 Å². The number of nitriles is 1. The number of ether oxygens (including phenoxy) is 1. The second-order valence-corrected chi connectivity index (χ2v) is 4.77. The molecule has 0 spiro atoms. The van der Waals surface area contributed by atoms with Crippen LogP contribution in [0.5, 0.6) is 0 Å². The van der Waals surface area contributed by atoms with E-state index >= 15 is 0 Å². The Morgan fingerprint density at radius 3 is 2.76 bits per heavy atom. The van der Waals surface area contributed by atoms with Crippen LogP contribution < -0.4 is 5.73 Å². The first-order valence-electron chi connectivity index (χ1n) is 6.38. The third kappa shape index (κ3) is 4.45. The average Bonchev–Trinajstić information content (AvgIpc) is 2.44. The lowest BCUT2D eigenvalue weighted by molar-refractivity contribution is 0.0190. The zero-order valence-electron chi connectivity index (χ0n) is 12.5. The van der Waals surface area contributed by atoms with Crippen molar-refractivity contribution in [3.8, 4) is 6.07 Å². The van der Waals surface area contributed by atoms with Gasteiger partial charge in [-0.1, -0.05) is 11.2 Å². The lowest BCUT2D eigenvalue weighted by atomic mass is 10.1. The number of hydrogen-bond donors (Lipinski definition) is 1. The van der Waals surface area contributed by atoms with Crippen molar-refractivity contribution < 1.29 is 14.4 Å². The molecule has 7 heteroatoms. The van der Waals surface area contributed by atoms with Crippen LogP contribution >= 0.6 is 0 Å². The molecule has 0 aliphatic rings. The SMILES string of the molecule is CCO/N=C(\N)c1ccc(C)c(C(=O)OC(C)(C)C#N)n1. The number of oxime groups is 1. The first-order chi connectivity index (χ1) is 9.80. The van der Waals surface area contributed by atoms with Gasteiger partial charge in [-0.05, 0) is 39.3 Å². The molecule has 0 fully saturated rings. The molecule has 112 valence electrons. The molecule has 0 saturated carbocycles. The summed E-state index contributed by atoms with van der Waals surface area (Å²) in [6.07, 6.45) is 0. The minimum Gasteiger partial charge on any atom is -0.440 e. The Balaban J connectivity index is 3.09. The first-order valence-corrected chi connectivity index (χ1v) is 6.38. The Morgan fingerprint density at radius 1 is 1.52 bits per heavy atom. The van der Waals surface area contributed by atoms with Gasteiger partial charge in [0, 0.05) is 0 Å². The molecule has 21 heavy (non-hydrogen) atoms. The molecule has 0 saturated heterocycles. The summed E-state index contributed by atoms with van der Waals surface area (Å²) >= 11 is 0. The fourth-order valence-corrected chi connectivity index (χ4v) is 1.36. The molecule has 0 aliphatic carbocycles. The van der Waals surface area contributed by atoms with Gasteiger partial charge in [0.25, 0.3) is 0 Å². The van der Waals surface area contributed by atoms with Crippen molar-refractivity contribution in [1.29, 1.82) is 5.26 Å². The molecule has 7 nitrogen and oxygen atoms in total. The number of carbonyl (C=O) groups is 1. The Morgan fingerprint density at radius 2 is 2.19 bits per heavy atom.